The quantitative estimate of drug-likeness (QED) is 0.780. The molecule has 0 aliphatic rings. The summed E-state index contributed by atoms with van der Waals surface area (Å²) in [5, 5.41) is 6.95. The highest BCUT2D eigenvalue weighted by Crippen LogP contribution is 2.22. The summed E-state index contributed by atoms with van der Waals surface area (Å²) < 4.78 is 7.34. The number of ether oxygens (including phenoxy) is 1. The molecule has 1 aromatic carbocycles. The standard InChI is InChI=1S/C17H17N5O2/c1-12(2)17(23)21-13-4-6-14(7-5-13)24-16-10-15(18-11-19-16)22-9-3-8-20-22/h3-12H,1-2H3,(H,21,23). The predicted molar refractivity (Wildman–Crippen MR) is 89.1 cm³/mol. The van der Waals surface area contributed by atoms with Gasteiger partial charge in [0, 0.05) is 30.1 Å². The van der Waals surface area contributed by atoms with Gasteiger partial charge in [-0.3, -0.25) is 4.79 Å². The molecule has 1 N–H and O–H groups in total. The van der Waals surface area contributed by atoms with Crippen LogP contribution in [0.25, 0.3) is 5.82 Å². The van der Waals surface area contributed by atoms with Gasteiger partial charge in [0.25, 0.3) is 0 Å². The Bertz CT molecular complexity index is 813. The molecule has 2 aromatic heterocycles. The molecule has 0 aliphatic carbocycles. The Morgan fingerprint density at radius 2 is 2.00 bits per heavy atom. The Hall–Kier alpha value is -3.22. The third-order valence-electron chi connectivity index (χ3n) is 3.24. The molecule has 0 aliphatic heterocycles. The minimum atomic E-state index is -0.0670. The molecular weight excluding hydrogens is 306 g/mol. The number of hydrogen-bond acceptors (Lipinski definition) is 5. The number of nitrogens with zero attached hydrogens (tertiary/aromatic N) is 4. The Kier molecular flexibility index (Phi) is 4.51. The van der Waals surface area contributed by atoms with E-state index in [2.05, 4.69) is 20.4 Å². The number of aromatic nitrogens is 4. The fourth-order valence-electron chi connectivity index (χ4n) is 1.93. The van der Waals surface area contributed by atoms with Gasteiger partial charge >= 0.3 is 0 Å². The Morgan fingerprint density at radius 1 is 1.21 bits per heavy atom. The molecule has 3 rings (SSSR count). The van der Waals surface area contributed by atoms with Gasteiger partial charge in [0.2, 0.25) is 11.8 Å². The minimum Gasteiger partial charge on any atom is -0.439 e. The van der Waals surface area contributed by atoms with E-state index < -0.39 is 0 Å². The van der Waals surface area contributed by atoms with Crippen LogP contribution in [0.5, 0.6) is 11.6 Å². The molecule has 0 unspecified atom stereocenters. The zero-order valence-corrected chi connectivity index (χ0v) is 13.4. The molecule has 7 heteroatoms. The number of hydrogen-bond donors (Lipinski definition) is 1. The molecule has 0 radical (unpaired) electrons. The van der Waals surface area contributed by atoms with Gasteiger partial charge in [-0.25, -0.2) is 14.6 Å². The molecule has 3 aromatic rings. The van der Waals surface area contributed by atoms with Crippen LogP contribution in [-0.2, 0) is 4.79 Å². The molecule has 122 valence electrons. The summed E-state index contributed by atoms with van der Waals surface area (Å²) in [5.74, 6) is 1.55. The zero-order chi connectivity index (χ0) is 16.9. The number of rotatable bonds is 5. The molecule has 0 saturated heterocycles. The van der Waals surface area contributed by atoms with Crippen LogP contribution in [0.4, 0.5) is 5.69 Å². The van der Waals surface area contributed by atoms with E-state index in [0.717, 1.165) is 5.69 Å². The van der Waals surface area contributed by atoms with E-state index in [0.29, 0.717) is 17.4 Å². The van der Waals surface area contributed by atoms with Crippen LogP contribution in [-0.4, -0.2) is 25.7 Å². The Morgan fingerprint density at radius 3 is 2.67 bits per heavy atom. The normalized spacial score (nSPS) is 10.6. The number of benzene rings is 1. The van der Waals surface area contributed by atoms with Crippen molar-refractivity contribution in [2.45, 2.75) is 13.8 Å². The fourth-order valence-corrected chi connectivity index (χ4v) is 1.93. The van der Waals surface area contributed by atoms with Gasteiger partial charge in [0.15, 0.2) is 5.82 Å². The zero-order valence-electron chi connectivity index (χ0n) is 13.4. The van der Waals surface area contributed by atoms with Crippen molar-refractivity contribution in [3.63, 3.8) is 0 Å². The SMILES string of the molecule is CC(C)C(=O)Nc1ccc(Oc2cc(-n3cccn3)ncn2)cc1. The number of carbonyl (C=O) groups is 1. The van der Waals surface area contributed by atoms with Crippen LogP contribution in [0.3, 0.4) is 0 Å². The van der Waals surface area contributed by atoms with E-state index in [1.54, 1.807) is 47.4 Å². The first-order chi connectivity index (χ1) is 11.6. The molecule has 0 bridgehead atoms. The van der Waals surface area contributed by atoms with Crippen molar-refractivity contribution < 1.29 is 9.53 Å². The van der Waals surface area contributed by atoms with Gasteiger partial charge in [-0.2, -0.15) is 5.10 Å². The molecule has 0 spiro atoms. The average Bonchev–Trinajstić information content (AvgIpc) is 3.11. The van der Waals surface area contributed by atoms with Crippen LogP contribution >= 0.6 is 0 Å². The number of nitrogens with one attached hydrogen (secondary N) is 1. The van der Waals surface area contributed by atoms with E-state index in [-0.39, 0.29) is 11.8 Å². The highest BCUT2D eigenvalue weighted by atomic mass is 16.5. The van der Waals surface area contributed by atoms with Gasteiger partial charge < -0.3 is 10.1 Å². The fraction of sp³-hybridized carbons (Fsp3) is 0.176. The number of anilines is 1. The first kappa shape index (κ1) is 15.7. The van der Waals surface area contributed by atoms with Crippen molar-refractivity contribution in [3.8, 4) is 17.4 Å². The van der Waals surface area contributed by atoms with Gasteiger partial charge in [-0.1, -0.05) is 13.8 Å². The smallest absolute Gasteiger partial charge is 0.226 e. The van der Waals surface area contributed by atoms with Gasteiger partial charge in [0.05, 0.1) is 0 Å². The Balaban J connectivity index is 1.70. The Labute approximate surface area is 139 Å². The van der Waals surface area contributed by atoms with Gasteiger partial charge in [-0.05, 0) is 30.3 Å². The first-order valence-corrected chi connectivity index (χ1v) is 7.52. The van der Waals surface area contributed by atoms with Gasteiger partial charge in [-0.15, -0.1) is 0 Å². The van der Waals surface area contributed by atoms with Crippen LogP contribution in [0, 0.1) is 5.92 Å². The molecule has 24 heavy (non-hydrogen) atoms. The van der Waals surface area contributed by atoms with E-state index in [9.17, 15) is 4.79 Å². The topological polar surface area (TPSA) is 81.9 Å². The van der Waals surface area contributed by atoms with Crippen molar-refractivity contribution in [3.05, 3.63) is 55.1 Å². The number of amides is 1. The average molecular weight is 323 g/mol. The summed E-state index contributed by atoms with van der Waals surface area (Å²) in [7, 11) is 0. The highest BCUT2D eigenvalue weighted by molar-refractivity contribution is 5.92. The third kappa shape index (κ3) is 3.75. The number of carbonyl (C=O) groups excluding carboxylic acids is 1. The lowest BCUT2D eigenvalue weighted by atomic mass is 10.2. The molecule has 1 amide bonds. The molecule has 7 nitrogen and oxygen atoms in total. The van der Waals surface area contributed by atoms with E-state index >= 15 is 0 Å². The summed E-state index contributed by atoms with van der Waals surface area (Å²) in [6, 6.07) is 10.6. The monoisotopic (exact) mass is 323 g/mol. The first-order valence-electron chi connectivity index (χ1n) is 7.52. The van der Waals surface area contributed by atoms with Crippen molar-refractivity contribution >= 4 is 11.6 Å². The molecule has 0 saturated carbocycles. The lowest BCUT2D eigenvalue weighted by molar-refractivity contribution is -0.118. The maximum Gasteiger partial charge on any atom is 0.226 e. The van der Waals surface area contributed by atoms with Crippen molar-refractivity contribution in [2.24, 2.45) is 5.92 Å². The van der Waals surface area contributed by atoms with Crippen LogP contribution in [0.15, 0.2) is 55.1 Å². The lowest BCUT2D eigenvalue weighted by Crippen LogP contribution is -2.17. The second-order valence-corrected chi connectivity index (χ2v) is 5.44. The van der Waals surface area contributed by atoms with Crippen molar-refractivity contribution in [1.29, 1.82) is 0 Å². The van der Waals surface area contributed by atoms with Crippen LogP contribution in [0.2, 0.25) is 0 Å². The minimum absolute atomic E-state index is 0.0247. The summed E-state index contributed by atoms with van der Waals surface area (Å²) in [5.41, 5.74) is 0.723. The predicted octanol–water partition coefficient (Wildman–Crippen LogP) is 3.05. The van der Waals surface area contributed by atoms with Crippen LogP contribution < -0.4 is 10.1 Å². The van der Waals surface area contributed by atoms with E-state index in [1.165, 1.54) is 6.33 Å². The van der Waals surface area contributed by atoms with Gasteiger partial charge in [0.1, 0.15) is 12.1 Å². The van der Waals surface area contributed by atoms with Crippen molar-refractivity contribution in [2.75, 3.05) is 5.32 Å². The summed E-state index contributed by atoms with van der Waals surface area (Å²) in [6.45, 7) is 3.69. The van der Waals surface area contributed by atoms with Crippen molar-refractivity contribution in [1.82, 2.24) is 19.7 Å². The maximum absolute atomic E-state index is 11.7. The molecule has 0 fully saturated rings. The third-order valence-corrected chi connectivity index (χ3v) is 3.24. The largest absolute Gasteiger partial charge is 0.439 e. The summed E-state index contributed by atoms with van der Waals surface area (Å²) in [4.78, 5) is 19.9. The molecule has 0 atom stereocenters. The second kappa shape index (κ2) is 6.91. The molecular formula is C17H17N5O2. The second-order valence-electron chi connectivity index (χ2n) is 5.44. The maximum atomic E-state index is 11.7. The van der Waals surface area contributed by atoms with E-state index in [1.807, 2.05) is 19.9 Å². The summed E-state index contributed by atoms with van der Waals surface area (Å²) in [6.07, 6.45) is 4.88. The summed E-state index contributed by atoms with van der Waals surface area (Å²) >= 11 is 0. The highest BCUT2D eigenvalue weighted by Gasteiger charge is 2.07. The lowest BCUT2D eigenvalue weighted by Gasteiger charge is -2.09. The van der Waals surface area contributed by atoms with Crippen LogP contribution in [0.1, 0.15) is 13.8 Å². The molecule has 2 heterocycles. The van der Waals surface area contributed by atoms with E-state index in [4.69, 9.17) is 4.74 Å².